The van der Waals surface area contributed by atoms with Crippen LogP contribution in [0.15, 0.2) is 6.07 Å². The van der Waals surface area contributed by atoms with Crippen LogP contribution in [0.4, 0.5) is 24.8 Å². The van der Waals surface area contributed by atoms with E-state index in [9.17, 15) is 18.3 Å². The van der Waals surface area contributed by atoms with Gasteiger partial charge in [-0.3, -0.25) is 0 Å². The van der Waals surface area contributed by atoms with Crippen LogP contribution in [0.2, 0.25) is 0 Å². The van der Waals surface area contributed by atoms with Crippen LogP contribution in [0.3, 0.4) is 0 Å². The van der Waals surface area contributed by atoms with Gasteiger partial charge in [0, 0.05) is 24.6 Å². The fourth-order valence-electron chi connectivity index (χ4n) is 2.53. The molecule has 0 amide bonds. The van der Waals surface area contributed by atoms with Gasteiger partial charge in [0.2, 0.25) is 5.82 Å². The third kappa shape index (κ3) is 3.94. The van der Waals surface area contributed by atoms with E-state index in [0.717, 1.165) is 25.7 Å². The first-order valence-electron chi connectivity index (χ1n) is 6.74. The normalized spacial score (nSPS) is 22.9. The molecule has 6 nitrogen and oxygen atoms in total. The molecule has 1 aliphatic carbocycles. The number of rotatable bonds is 4. The summed E-state index contributed by atoms with van der Waals surface area (Å²) in [4.78, 5) is 6.78. The van der Waals surface area contributed by atoms with Gasteiger partial charge in [-0.2, -0.15) is 13.2 Å². The van der Waals surface area contributed by atoms with Gasteiger partial charge in [-0.25, -0.2) is 15.8 Å². The maximum atomic E-state index is 12.7. The molecule has 1 fully saturated rings. The largest absolute Gasteiger partial charge is 0.451 e. The summed E-state index contributed by atoms with van der Waals surface area (Å²) in [5.41, 5.74) is 2.10. The van der Waals surface area contributed by atoms with Gasteiger partial charge in [0.15, 0.2) is 0 Å². The Morgan fingerprint density at radius 3 is 2.52 bits per heavy atom. The molecule has 9 heteroatoms. The second-order valence-corrected chi connectivity index (χ2v) is 5.08. The predicted octanol–water partition coefficient (Wildman–Crippen LogP) is 1.74. The fourth-order valence-corrected chi connectivity index (χ4v) is 2.53. The van der Waals surface area contributed by atoms with E-state index >= 15 is 0 Å². The highest BCUT2D eigenvalue weighted by Gasteiger charge is 2.36. The van der Waals surface area contributed by atoms with Crippen molar-refractivity contribution < 1.29 is 18.3 Å². The molecule has 2 rings (SSSR count). The van der Waals surface area contributed by atoms with Gasteiger partial charge in [0.05, 0.1) is 0 Å². The molecule has 0 bridgehead atoms. The number of nitrogen functional groups attached to an aromatic ring is 1. The molecular formula is C12H18F3N5O. The molecule has 1 aromatic heterocycles. The van der Waals surface area contributed by atoms with E-state index in [4.69, 9.17) is 5.84 Å². The van der Waals surface area contributed by atoms with Crippen molar-refractivity contribution in [1.29, 1.82) is 0 Å². The molecule has 2 atom stereocenters. The first-order chi connectivity index (χ1) is 9.94. The minimum Gasteiger partial charge on any atom is -0.396 e. The number of nitrogens with two attached hydrogens (primary N) is 1. The molecule has 118 valence electrons. The van der Waals surface area contributed by atoms with Crippen molar-refractivity contribution in [2.75, 3.05) is 17.3 Å². The molecule has 21 heavy (non-hydrogen) atoms. The quantitative estimate of drug-likeness (QED) is 0.500. The van der Waals surface area contributed by atoms with Crippen molar-refractivity contribution in [3.05, 3.63) is 11.9 Å². The number of anilines is 2. The molecule has 1 saturated carbocycles. The molecule has 0 radical (unpaired) electrons. The molecule has 0 saturated heterocycles. The Morgan fingerprint density at radius 2 is 1.90 bits per heavy atom. The van der Waals surface area contributed by atoms with Crippen LogP contribution in [0.5, 0.6) is 0 Å². The van der Waals surface area contributed by atoms with Crippen LogP contribution in [-0.2, 0) is 6.18 Å². The first kappa shape index (κ1) is 15.8. The standard InChI is InChI=1S/C12H18F3N5O/c13-12(14,15)11-18-9(5-10(19-11)20-16)17-8-4-2-1-3-7(8)6-21/h5,7-8,21H,1-4,6,16H2,(H2,17,18,19,20). The highest BCUT2D eigenvalue weighted by Crippen LogP contribution is 2.30. The summed E-state index contributed by atoms with van der Waals surface area (Å²) in [7, 11) is 0. The second kappa shape index (κ2) is 6.44. The summed E-state index contributed by atoms with van der Waals surface area (Å²) in [6, 6.07) is 1.21. The lowest BCUT2D eigenvalue weighted by molar-refractivity contribution is -0.144. The minimum absolute atomic E-state index is 0.00310. The van der Waals surface area contributed by atoms with Gasteiger partial charge in [-0.1, -0.05) is 12.8 Å². The smallest absolute Gasteiger partial charge is 0.396 e. The van der Waals surface area contributed by atoms with E-state index in [1.54, 1.807) is 0 Å². The zero-order chi connectivity index (χ0) is 15.5. The molecule has 2 unspecified atom stereocenters. The van der Waals surface area contributed by atoms with Crippen molar-refractivity contribution in [3.8, 4) is 0 Å². The lowest BCUT2D eigenvalue weighted by atomic mass is 9.85. The third-order valence-corrected chi connectivity index (χ3v) is 3.60. The number of aliphatic hydroxyl groups excluding tert-OH is 1. The van der Waals surface area contributed by atoms with E-state index < -0.39 is 12.0 Å². The molecule has 1 aromatic rings. The van der Waals surface area contributed by atoms with Crippen LogP contribution in [-0.4, -0.2) is 27.7 Å². The predicted molar refractivity (Wildman–Crippen MR) is 71.3 cm³/mol. The van der Waals surface area contributed by atoms with Crippen LogP contribution < -0.4 is 16.6 Å². The molecule has 5 N–H and O–H groups in total. The number of hydrazine groups is 1. The Balaban J connectivity index is 2.22. The number of hydrogen-bond donors (Lipinski definition) is 4. The van der Waals surface area contributed by atoms with Gasteiger partial charge in [-0.05, 0) is 12.8 Å². The van der Waals surface area contributed by atoms with Crippen molar-refractivity contribution in [3.63, 3.8) is 0 Å². The number of hydrogen-bond acceptors (Lipinski definition) is 6. The van der Waals surface area contributed by atoms with Crippen LogP contribution in [0.1, 0.15) is 31.5 Å². The third-order valence-electron chi connectivity index (χ3n) is 3.60. The zero-order valence-corrected chi connectivity index (χ0v) is 11.3. The van der Waals surface area contributed by atoms with Crippen LogP contribution in [0, 0.1) is 5.92 Å². The lowest BCUT2D eigenvalue weighted by Crippen LogP contribution is -2.35. The summed E-state index contributed by atoms with van der Waals surface area (Å²) in [5, 5.41) is 12.3. The number of nitrogens with one attached hydrogen (secondary N) is 2. The maximum absolute atomic E-state index is 12.7. The number of nitrogens with zero attached hydrogens (tertiary/aromatic N) is 2. The second-order valence-electron chi connectivity index (χ2n) is 5.08. The average molecular weight is 305 g/mol. The zero-order valence-electron chi connectivity index (χ0n) is 11.3. The highest BCUT2D eigenvalue weighted by atomic mass is 19.4. The van der Waals surface area contributed by atoms with E-state index in [1.807, 2.05) is 0 Å². The Bertz CT molecular complexity index is 482. The average Bonchev–Trinajstić information content (AvgIpc) is 2.46. The van der Waals surface area contributed by atoms with Crippen molar-refractivity contribution in [1.82, 2.24) is 9.97 Å². The summed E-state index contributed by atoms with van der Waals surface area (Å²) >= 11 is 0. The number of aromatic nitrogens is 2. The Labute approximate surface area is 119 Å². The number of halogens is 3. The van der Waals surface area contributed by atoms with Gasteiger partial charge in [0.1, 0.15) is 11.6 Å². The molecular weight excluding hydrogens is 287 g/mol. The number of aliphatic hydroxyl groups is 1. The Kier molecular flexibility index (Phi) is 4.84. The summed E-state index contributed by atoms with van der Waals surface area (Å²) < 4.78 is 38.2. The summed E-state index contributed by atoms with van der Waals surface area (Å²) in [6.07, 6.45) is -1.05. The molecule has 1 aliphatic rings. The van der Waals surface area contributed by atoms with Gasteiger partial charge in [0.25, 0.3) is 0 Å². The van der Waals surface area contributed by atoms with E-state index in [1.165, 1.54) is 6.07 Å². The first-order valence-corrected chi connectivity index (χ1v) is 6.74. The maximum Gasteiger partial charge on any atom is 0.451 e. The number of alkyl halides is 3. The van der Waals surface area contributed by atoms with E-state index in [0.29, 0.717) is 0 Å². The van der Waals surface area contributed by atoms with Gasteiger partial charge < -0.3 is 15.8 Å². The van der Waals surface area contributed by atoms with E-state index in [-0.39, 0.29) is 30.2 Å². The lowest BCUT2D eigenvalue weighted by Gasteiger charge is -2.31. The van der Waals surface area contributed by atoms with Crippen molar-refractivity contribution in [2.24, 2.45) is 11.8 Å². The topological polar surface area (TPSA) is 96.1 Å². The monoisotopic (exact) mass is 305 g/mol. The molecule has 0 aliphatic heterocycles. The molecule has 0 aromatic carbocycles. The summed E-state index contributed by atoms with van der Waals surface area (Å²) in [5.74, 6) is 3.84. The minimum atomic E-state index is -4.65. The highest BCUT2D eigenvalue weighted by molar-refractivity contribution is 5.47. The molecule has 1 heterocycles. The Hall–Kier alpha value is -1.61. The Morgan fingerprint density at radius 1 is 1.24 bits per heavy atom. The summed E-state index contributed by atoms with van der Waals surface area (Å²) in [6.45, 7) is -0.00310. The van der Waals surface area contributed by atoms with Gasteiger partial charge in [-0.15, -0.1) is 0 Å². The van der Waals surface area contributed by atoms with E-state index in [2.05, 4.69) is 20.7 Å². The van der Waals surface area contributed by atoms with Gasteiger partial charge >= 0.3 is 6.18 Å². The van der Waals surface area contributed by atoms with Crippen LogP contribution >= 0.6 is 0 Å². The molecule has 0 spiro atoms. The van der Waals surface area contributed by atoms with Crippen LogP contribution in [0.25, 0.3) is 0 Å². The fraction of sp³-hybridized carbons (Fsp3) is 0.667. The SMILES string of the molecule is NNc1cc(NC2CCCCC2CO)nc(C(F)(F)F)n1. The van der Waals surface area contributed by atoms with Crippen molar-refractivity contribution in [2.45, 2.75) is 37.9 Å². The van der Waals surface area contributed by atoms with Crippen molar-refractivity contribution >= 4 is 11.6 Å².